The molecule has 1 aliphatic heterocycles. The van der Waals surface area contributed by atoms with Crippen LogP contribution in [-0.4, -0.2) is 53.7 Å². The van der Waals surface area contributed by atoms with E-state index in [1.54, 1.807) is 23.8 Å². The molecule has 0 aromatic carbocycles. The van der Waals surface area contributed by atoms with E-state index >= 15 is 0 Å². The molecule has 0 saturated carbocycles. The van der Waals surface area contributed by atoms with E-state index < -0.39 is 6.10 Å². The molecule has 0 unspecified atom stereocenters. The Bertz CT molecular complexity index is 170. The molecule has 0 radical (unpaired) electrons. The minimum absolute atomic E-state index is 0.0298. The first kappa shape index (κ1) is 9.32. The highest BCUT2D eigenvalue weighted by molar-refractivity contribution is 5.74. The standard InChI is InChI=1S/C8H16N2O2/c1-7(11)6-10-5-3-4-9(2)8(10)12/h7,11H,3-6H2,1-2H3/t7-/m1/s1. The van der Waals surface area contributed by atoms with Crippen LogP contribution in [0.2, 0.25) is 0 Å². The first-order valence-electron chi connectivity index (χ1n) is 4.29. The van der Waals surface area contributed by atoms with Crippen molar-refractivity contribution < 1.29 is 9.90 Å². The van der Waals surface area contributed by atoms with Gasteiger partial charge in [-0.1, -0.05) is 0 Å². The predicted octanol–water partition coefficient (Wildman–Crippen LogP) is 0.125. The van der Waals surface area contributed by atoms with Crippen LogP contribution in [0.15, 0.2) is 0 Å². The summed E-state index contributed by atoms with van der Waals surface area (Å²) in [7, 11) is 1.79. The van der Waals surface area contributed by atoms with Gasteiger partial charge in [-0.25, -0.2) is 4.79 Å². The number of amides is 2. The molecule has 1 heterocycles. The SMILES string of the molecule is C[C@@H](O)CN1CCCN(C)C1=O. The third kappa shape index (κ3) is 2.11. The maximum absolute atomic E-state index is 11.4. The van der Waals surface area contributed by atoms with Gasteiger partial charge in [0.2, 0.25) is 0 Å². The summed E-state index contributed by atoms with van der Waals surface area (Å²) in [5, 5.41) is 9.10. The van der Waals surface area contributed by atoms with E-state index in [1.807, 2.05) is 0 Å². The molecule has 1 aliphatic rings. The van der Waals surface area contributed by atoms with Gasteiger partial charge in [-0.2, -0.15) is 0 Å². The monoisotopic (exact) mass is 172 g/mol. The first-order chi connectivity index (χ1) is 5.61. The second kappa shape index (κ2) is 3.76. The predicted molar refractivity (Wildman–Crippen MR) is 45.9 cm³/mol. The van der Waals surface area contributed by atoms with Crippen molar-refractivity contribution in [3.8, 4) is 0 Å². The van der Waals surface area contributed by atoms with Gasteiger partial charge in [0.1, 0.15) is 0 Å². The number of nitrogens with zero attached hydrogens (tertiary/aromatic N) is 2. The summed E-state index contributed by atoms with van der Waals surface area (Å²) in [6.45, 7) is 3.74. The molecular weight excluding hydrogens is 156 g/mol. The third-order valence-corrected chi connectivity index (χ3v) is 2.00. The normalized spacial score (nSPS) is 21.4. The van der Waals surface area contributed by atoms with E-state index in [2.05, 4.69) is 0 Å². The number of aliphatic hydroxyl groups is 1. The highest BCUT2D eigenvalue weighted by Crippen LogP contribution is 2.06. The van der Waals surface area contributed by atoms with Crippen molar-refractivity contribution in [3.63, 3.8) is 0 Å². The number of carbonyl (C=O) groups is 1. The Morgan fingerprint density at radius 1 is 1.58 bits per heavy atom. The fraction of sp³-hybridized carbons (Fsp3) is 0.875. The Morgan fingerprint density at radius 3 is 2.83 bits per heavy atom. The van der Waals surface area contributed by atoms with Crippen LogP contribution in [-0.2, 0) is 0 Å². The van der Waals surface area contributed by atoms with Gasteiger partial charge in [-0.3, -0.25) is 0 Å². The van der Waals surface area contributed by atoms with Crippen molar-refractivity contribution in [2.45, 2.75) is 19.4 Å². The summed E-state index contributed by atoms with van der Waals surface area (Å²) < 4.78 is 0. The van der Waals surface area contributed by atoms with Crippen LogP contribution in [0.3, 0.4) is 0 Å². The molecule has 0 aromatic heterocycles. The maximum atomic E-state index is 11.4. The van der Waals surface area contributed by atoms with Gasteiger partial charge in [0.05, 0.1) is 6.10 Å². The summed E-state index contributed by atoms with van der Waals surface area (Å²) in [5.74, 6) is 0. The van der Waals surface area contributed by atoms with E-state index in [9.17, 15) is 4.79 Å². The summed E-state index contributed by atoms with van der Waals surface area (Å²) in [6.07, 6.45) is 0.565. The summed E-state index contributed by atoms with van der Waals surface area (Å²) >= 11 is 0. The molecule has 1 saturated heterocycles. The summed E-state index contributed by atoms with van der Waals surface area (Å²) in [6, 6.07) is 0.0298. The van der Waals surface area contributed by atoms with Gasteiger partial charge in [0.15, 0.2) is 0 Å². The van der Waals surface area contributed by atoms with Crippen LogP contribution in [0, 0.1) is 0 Å². The Kier molecular flexibility index (Phi) is 2.92. The lowest BCUT2D eigenvalue weighted by atomic mass is 10.2. The molecule has 1 fully saturated rings. The van der Waals surface area contributed by atoms with E-state index in [0.29, 0.717) is 6.54 Å². The van der Waals surface area contributed by atoms with Gasteiger partial charge >= 0.3 is 6.03 Å². The second-order valence-electron chi connectivity index (χ2n) is 3.35. The lowest BCUT2D eigenvalue weighted by Crippen LogP contribution is -2.49. The van der Waals surface area contributed by atoms with Crippen molar-refractivity contribution in [3.05, 3.63) is 0 Å². The minimum atomic E-state index is -0.430. The second-order valence-corrected chi connectivity index (χ2v) is 3.35. The Hall–Kier alpha value is -0.770. The minimum Gasteiger partial charge on any atom is -0.392 e. The van der Waals surface area contributed by atoms with E-state index in [1.165, 1.54) is 0 Å². The van der Waals surface area contributed by atoms with Crippen molar-refractivity contribution in [1.82, 2.24) is 9.80 Å². The number of aliphatic hydroxyl groups excluding tert-OH is 1. The molecule has 1 atom stereocenters. The molecule has 4 nitrogen and oxygen atoms in total. The molecule has 0 aliphatic carbocycles. The van der Waals surface area contributed by atoms with Crippen LogP contribution in [0.25, 0.3) is 0 Å². The van der Waals surface area contributed by atoms with Crippen molar-refractivity contribution >= 4 is 6.03 Å². The molecule has 0 bridgehead atoms. The lowest BCUT2D eigenvalue weighted by Gasteiger charge is -2.33. The number of rotatable bonds is 2. The topological polar surface area (TPSA) is 43.8 Å². The van der Waals surface area contributed by atoms with Gasteiger partial charge in [0, 0.05) is 26.7 Å². The summed E-state index contributed by atoms with van der Waals surface area (Å²) in [5.41, 5.74) is 0. The number of β-amino-alcohol motifs (C(OH)–C–C–N with tert-alkyl or cyclic N) is 1. The molecule has 1 rings (SSSR count). The quantitative estimate of drug-likeness (QED) is 0.643. The van der Waals surface area contributed by atoms with Gasteiger partial charge in [-0.05, 0) is 13.3 Å². The lowest BCUT2D eigenvalue weighted by molar-refractivity contribution is 0.100. The molecular formula is C8H16N2O2. The average Bonchev–Trinajstić information content (AvgIpc) is 1.98. The van der Waals surface area contributed by atoms with Crippen molar-refractivity contribution in [1.29, 1.82) is 0 Å². The van der Waals surface area contributed by atoms with Crippen LogP contribution in [0.4, 0.5) is 4.79 Å². The Balaban J connectivity index is 2.46. The van der Waals surface area contributed by atoms with Gasteiger partial charge in [-0.15, -0.1) is 0 Å². The highest BCUT2D eigenvalue weighted by atomic mass is 16.3. The number of hydrogen-bond acceptors (Lipinski definition) is 2. The number of urea groups is 1. The largest absolute Gasteiger partial charge is 0.392 e. The molecule has 70 valence electrons. The maximum Gasteiger partial charge on any atom is 0.319 e. The fourth-order valence-electron chi connectivity index (χ4n) is 1.42. The Labute approximate surface area is 72.8 Å². The molecule has 2 amide bonds. The van der Waals surface area contributed by atoms with Crippen LogP contribution in [0.5, 0.6) is 0 Å². The van der Waals surface area contributed by atoms with Crippen LogP contribution < -0.4 is 0 Å². The molecule has 12 heavy (non-hydrogen) atoms. The Morgan fingerprint density at radius 2 is 2.25 bits per heavy atom. The molecule has 0 spiro atoms. The van der Waals surface area contributed by atoms with Crippen molar-refractivity contribution in [2.24, 2.45) is 0 Å². The number of carbonyl (C=O) groups excluding carboxylic acids is 1. The fourth-order valence-corrected chi connectivity index (χ4v) is 1.42. The van der Waals surface area contributed by atoms with E-state index in [-0.39, 0.29) is 6.03 Å². The molecule has 0 aromatic rings. The van der Waals surface area contributed by atoms with Crippen LogP contribution >= 0.6 is 0 Å². The number of hydrogen-bond donors (Lipinski definition) is 1. The molecule has 1 N–H and O–H groups in total. The van der Waals surface area contributed by atoms with E-state index in [0.717, 1.165) is 19.5 Å². The van der Waals surface area contributed by atoms with E-state index in [4.69, 9.17) is 5.11 Å². The highest BCUT2D eigenvalue weighted by Gasteiger charge is 2.22. The average molecular weight is 172 g/mol. The third-order valence-electron chi connectivity index (χ3n) is 2.00. The van der Waals surface area contributed by atoms with Gasteiger partial charge in [0.25, 0.3) is 0 Å². The smallest absolute Gasteiger partial charge is 0.319 e. The summed E-state index contributed by atoms with van der Waals surface area (Å²) in [4.78, 5) is 14.8. The zero-order valence-electron chi connectivity index (χ0n) is 7.66. The zero-order chi connectivity index (χ0) is 9.14. The van der Waals surface area contributed by atoms with Crippen molar-refractivity contribution in [2.75, 3.05) is 26.7 Å². The zero-order valence-corrected chi connectivity index (χ0v) is 7.66. The first-order valence-corrected chi connectivity index (χ1v) is 4.29. The molecule has 4 heteroatoms. The van der Waals surface area contributed by atoms with Crippen LogP contribution in [0.1, 0.15) is 13.3 Å². The van der Waals surface area contributed by atoms with Gasteiger partial charge < -0.3 is 14.9 Å².